The van der Waals surface area contributed by atoms with Crippen molar-refractivity contribution in [3.05, 3.63) is 29.5 Å². The molecule has 0 amide bonds. The van der Waals surface area contributed by atoms with E-state index in [9.17, 15) is 10.5 Å². The van der Waals surface area contributed by atoms with Crippen LogP contribution in [0, 0.1) is 22.7 Å². The maximum absolute atomic E-state index is 9.29. The molecular weight excluding hydrogens is 300 g/mol. The molecule has 0 spiro atoms. The number of hydrogen-bond acceptors (Lipinski definition) is 8. The second kappa shape index (κ2) is 6.76. The van der Waals surface area contributed by atoms with Crippen LogP contribution in [0.5, 0.6) is 0 Å². The van der Waals surface area contributed by atoms with Gasteiger partial charge in [-0.3, -0.25) is 0 Å². The summed E-state index contributed by atoms with van der Waals surface area (Å²) in [6, 6.07) is 7.34. The van der Waals surface area contributed by atoms with Gasteiger partial charge >= 0.3 is 0 Å². The molecule has 0 bridgehead atoms. The molecule has 2 aromatic rings. The smallest absolute Gasteiger partial charge is 0.143 e. The van der Waals surface area contributed by atoms with E-state index < -0.39 is 0 Å². The quantitative estimate of drug-likeness (QED) is 0.623. The molecule has 2 rings (SSSR count). The van der Waals surface area contributed by atoms with Crippen LogP contribution in [-0.4, -0.2) is 28.2 Å². The molecule has 0 fully saturated rings. The van der Waals surface area contributed by atoms with Crippen molar-refractivity contribution in [2.75, 3.05) is 24.2 Å². The number of nitriles is 2. The predicted octanol–water partition coefficient (Wildman–Crippen LogP) is 1.16. The molecule has 4 N–H and O–H groups in total. The fraction of sp³-hybridized carbons (Fsp3) is 0.143. The van der Waals surface area contributed by atoms with E-state index in [-0.39, 0.29) is 28.6 Å². The zero-order valence-electron chi connectivity index (χ0n) is 11.4. The molecule has 22 heavy (non-hydrogen) atoms. The van der Waals surface area contributed by atoms with Gasteiger partial charge in [0.2, 0.25) is 0 Å². The first kappa shape index (κ1) is 15.6. The number of aromatic nitrogens is 2. The lowest BCUT2D eigenvalue weighted by molar-refractivity contribution is 0.311. The third-order valence-corrected chi connectivity index (χ3v) is 3.22. The number of thiol groups is 1. The van der Waals surface area contributed by atoms with Crippen molar-refractivity contribution in [2.24, 2.45) is 0 Å². The summed E-state index contributed by atoms with van der Waals surface area (Å²) in [7, 11) is 0. The molecule has 0 unspecified atom stereocenters. The highest BCUT2D eigenvalue weighted by molar-refractivity contribution is 7.80. The first-order chi connectivity index (χ1) is 10.6. The van der Waals surface area contributed by atoms with Crippen molar-refractivity contribution in [1.82, 2.24) is 9.97 Å². The van der Waals surface area contributed by atoms with E-state index >= 15 is 0 Å². The first-order valence-corrected chi connectivity index (χ1v) is 6.70. The van der Waals surface area contributed by atoms with Crippen LogP contribution in [0.2, 0.25) is 0 Å². The summed E-state index contributed by atoms with van der Waals surface area (Å²) < 4.78 is 0. The maximum atomic E-state index is 9.29. The molecule has 0 saturated heterocycles. The molecule has 8 heteroatoms. The number of aliphatic hydroxyl groups excluding tert-OH is 1. The monoisotopic (exact) mass is 312 g/mol. The minimum atomic E-state index is -0.00943. The molecule has 0 atom stereocenters. The SMILES string of the molecule is N#Cc1c(N)nc(S)c(C#N)c1-c1ccc(NCCO)nc1. The number of nitrogens with zero attached hydrogens (tertiary/aromatic N) is 4. The van der Waals surface area contributed by atoms with Gasteiger partial charge in [-0.1, -0.05) is 0 Å². The number of nitrogens with two attached hydrogens (primary N) is 1. The lowest BCUT2D eigenvalue weighted by atomic mass is 9.98. The molecule has 0 aromatic carbocycles. The molecule has 0 aliphatic carbocycles. The van der Waals surface area contributed by atoms with Gasteiger partial charge in [-0.25, -0.2) is 9.97 Å². The summed E-state index contributed by atoms with van der Waals surface area (Å²) in [6.07, 6.45) is 1.52. The van der Waals surface area contributed by atoms with E-state index in [1.165, 1.54) is 6.20 Å². The highest BCUT2D eigenvalue weighted by atomic mass is 32.1. The second-order valence-electron chi connectivity index (χ2n) is 4.25. The van der Waals surface area contributed by atoms with Crippen LogP contribution in [0.15, 0.2) is 23.4 Å². The van der Waals surface area contributed by atoms with Gasteiger partial charge in [-0.15, -0.1) is 12.6 Å². The molecular formula is C14H12N6OS. The molecule has 0 radical (unpaired) electrons. The average molecular weight is 312 g/mol. The molecule has 0 aliphatic rings. The number of rotatable bonds is 4. The zero-order valence-corrected chi connectivity index (χ0v) is 12.3. The molecule has 0 aliphatic heterocycles. The molecule has 0 saturated carbocycles. The zero-order chi connectivity index (χ0) is 16.1. The lowest BCUT2D eigenvalue weighted by Crippen LogP contribution is -2.07. The Hall–Kier alpha value is -2.81. The van der Waals surface area contributed by atoms with E-state index in [0.29, 0.717) is 23.5 Å². The van der Waals surface area contributed by atoms with Gasteiger partial charge in [-0.2, -0.15) is 10.5 Å². The first-order valence-electron chi connectivity index (χ1n) is 6.26. The third kappa shape index (κ3) is 2.93. The largest absolute Gasteiger partial charge is 0.395 e. The van der Waals surface area contributed by atoms with E-state index in [0.717, 1.165) is 0 Å². The number of anilines is 2. The Balaban J connectivity index is 2.57. The van der Waals surface area contributed by atoms with Gasteiger partial charge in [0, 0.05) is 23.9 Å². The summed E-state index contributed by atoms with van der Waals surface area (Å²) in [6.45, 7) is 0.368. The van der Waals surface area contributed by atoms with Gasteiger partial charge in [0.25, 0.3) is 0 Å². The van der Waals surface area contributed by atoms with Crippen LogP contribution in [0.25, 0.3) is 11.1 Å². The topological polar surface area (TPSA) is 132 Å². The van der Waals surface area contributed by atoms with Gasteiger partial charge < -0.3 is 16.2 Å². The number of nitrogens with one attached hydrogen (secondary N) is 1. The van der Waals surface area contributed by atoms with E-state index in [1.807, 2.05) is 12.1 Å². The fourth-order valence-corrected chi connectivity index (χ4v) is 2.20. The normalized spacial score (nSPS) is 9.82. The van der Waals surface area contributed by atoms with Crippen molar-refractivity contribution < 1.29 is 5.11 Å². The van der Waals surface area contributed by atoms with Crippen molar-refractivity contribution in [3.8, 4) is 23.3 Å². The third-order valence-electron chi connectivity index (χ3n) is 2.90. The minimum absolute atomic E-state index is 0.00943. The Bertz CT molecular complexity index is 738. The number of hydrogen-bond donors (Lipinski definition) is 4. The number of nitrogen functional groups attached to an aromatic ring is 1. The number of aliphatic hydroxyl groups is 1. The summed E-state index contributed by atoms with van der Waals surface area (Å²) in [5, 5.41) is 30.4. The minimum Gasteiger partial charge on any atom is -0.395 e. The molecule has 7 nitrogen and oxygen atoms in total. The van der Waals surface area contributed by atoms with Crippen LogP contribution < -0.4 is 11.1 Å². The Morgan fingerprint density at radius 2 is 2.00 bits per heavy atom. The predicted molar refractivity (Wildman–Crippen MR) is 84.1 cm³/mol. The van der Waals surface area contributed by atoms with Crippen LogP contribution >= 0.6 is 12.6 Å². The van der Waals surface area contributed by atoms with E-state index in [1.54, 1.807) is 12.1 Å². The maximum Gasteiger partial charge on any atom is 0.143 e. The van der Waals surface area contributed by atoms with Crippen molar-refractivity contribution in [3.63, 3.8) is 0 Å². The van der Waals surface area contributed by atoms with Gasteiger partial charge in [0.15, 0.2) is 0 Å². The number of pyridine rings is 2. The average Bonchev–Trinajstić information content (AvgIpc) is 2.53. The second-order valence-corrected chi connectivity index (χ2v) is 4.68. The summed E-state index contributed by atoms with van der Waals surface area (Å²) in [4.78, 5) is 8.07. The highest BCUT2D eigenvalue weighted by Crippen LogP contribution is 2.32. The van der Waals surface area contributed by atoms with Crippen LogP contribution in [0.3, 0.4) is 0 Å². The van der Waals surface area contributed by atoms with E-state index in [4.69, 9.17) is 10.8 Å². The van der Waals surface area contributed by atoms with Crippen molar-refractivity contribution in [1.29, 1.82) is 10.5 Å². The summed E-state index contributed by atoms with van der Waals surface area (Å²) >= 11 is 4.14. The molecule has 110 valence electrons. The Morgan fingerprint density at radius 3 is 2.55 bits per heavy atom. The van der Waals surface area contributed by atoms with Gasteiger partial charge in [0.1, 0.15) is 34.4 Å². The standard InChI is InChI=1S/C14H12N6OS/c15-5-9-12(10(6-16)14(22)20-13(9)17)8-1-2-11(19-7-8)18-3-4-21/h1-2,7,21H,3-4H2,(H,18,19)(H3,17,20,22). The van der Waals surface area contributed by atoms with E-state index in [2.05, 4.69) is 27.9 Å². The summed E-state index contributed by atoms with van der Waals surface area (Å²) in [5.41, 5.74) is 6.95. The van der Waals surface area contributed by atoms with Gasteiger partial charge in [-0.05, 0) is 12.1 Å². The fourth-order valence-electron chi connectivity index (χ4n) is 1.93. The summed E-state index contributed by atoms with van der Waals surface area (Å²) in [5.74, 6) is 0.590. The Kier molecular flexibility index (Phi) is 4.79. The molecule has 2 heterocycles. The van der Waals surface area contributed by atoms with Crippen molar-refractivity contribution in [2.45, 2.75) is 5.03 Å². The molecule has 2 aromatic heterocycles. The van der Waals surface area contributed by atoms with Crippen LogP contribution in [0.4, 0.5) is 11.6 Å². The lowest BCUT2D eigenvalue weighted by Gasteiger charge is -2.11. The van der Waals surface area contributed by atoms with Crippen molar-refractivity contribution >= 4 is 24.3 Å². The van der Waals surface area contributed by atoms with Crippen LogP contribution in [0.1, 0.15) is 11.1 Å². The van der Waals surface area contributed by atoms with Crippen LogP contribution in [-0.2, 0) is 0 Å². The van der Waals surface area contributed by atoms with Gasteiger partial charge in [0.05, 0.1) is 12.2 Å². The Morgan fingerprint density at radius 1 is 1.27 bits per heavy atom. The Labute approximate surface area is 132 Å². The highest BCUT2D eigenvalue weighted by Gasteiger charge is 2.18.